The van der Waals surface area contributed by atoms with Gasteiger partial charge < -0.3 is 0 Å². The van der Waals surface area contributed by atoms with Crippen LogP contribution >= 0.6 is 0 Å². The average molecular weight is 199 g/mol. The zero-order valence-corrected chi connectivity index (χ0v) is 7.57. The summed E-state index contributed by atoms with van der Waals surface area (Å²) in [6, 6.07) is 2.36. The van der Waals surface area contributed by atoms with Gasteiger partial charge in [-0.2, -0.15) is 0 Å². The zero-order chi connectivity index (χ0) is 9.59. The highest BCUT2D eigenvalue weighted by atomic mass is 32.2. The van der Waals surface area contributed by atoms with E-state index >= 15 is 0 Å². The quantitative estimate of drug-likeness (QED) is 0.674. The normalized spacial score (nSPS) is 19.8. The Balaban J connectivity index is 2.77. The van der Waals surface area contributed by atoms with Gasteiger partial charge in [0.1, 0.15) is 5.82 Å². The molecule has 0 aliphatic carbocycles. The molecule has 3 nitrogen and oxygen atoms in total. The number of rotatable bonds is 0. The molecule has 1 N–H and O–H groups in total. The molecule has 1 atom stereocenters. The second-order valence-corrected chi connectivity index (χ2v) is 3.95. The number of nitrogens with one attached hydrogen (secondary N) is 1. The Bertz CT molecular complexity index is 430. The summed E-state index contributed by atoms with van der Waals surface area (Å²) in [5.74, 6) is -0.957. The maximum Gasteiger partial charge on any atom is 0.264 e. The van der Waals surface area contributed by atoms with Gasteiger partial charge in [-0.05, 0) is 24.6 Å². The fraction of sp³-hybridized carbons (Fsp3) is 0.125. The molecule has 68 valence electrons. The van der Waals surface area contributed by atoms with Crippen LogP contribution in [0.25, 0.3) is 0 Å². The van der Waals surface area contributed by atoms with Crippen LogP contribution in [0.15, 0.2) is 17.0 Å². The molecule has 0 fully saturated rings. The Morgan fingerprint density at radius 2 is 2.15 bits per heavy atom. The molecular formula is C8H6FNO2S. The summed E-state index contributed by atoms with van der Waals surface area (Å²) >= 11 is 0. The molecule has 13 heavy (non-hydrogen) atoms. The monoisotopic (exact) mass is 199 g/mol. The van der Waals surface area contributed by atoms with Gasteiger partial charge in [-0.15, -0.1) is 0 Å². The summed E-state index contributed by atoms with van der Waals surface area (Å²) in [7, 11) is -1.51. The molecule has 1 aromatic carbocycles. The van der Waals surface area contributed by atoms with E-state index in [0.717, 1.165) is 6.07 Å². The van der Waals surface area contributed by atoms with E-state index in [1.807, 2.05) is 0 Å². The molecule has 1 aliphatic heterocycles. The Morgan fingerprint density at radius 3 is 2.85 bits per heavy atom. The molecule has 1 heterocycles. The lowest BCUT2D eigenvalue weighted by Gasteiger charge is -1.98. The molecule has 1 aromatic rings. The van der Waals surface area contributed by atoms with E-state index in [-0.39, 0.29) is 5.56 Å². The number of halogens is 1. The summed E-state index contributed by atoms with van der Waals surface area (Å²) < 4.78 is 26.3. The van der Waals surface area contributed by atoms with Crippen LogP contribution in [0.1, 0.15) is 15.9 Å². The van der Waals surface area contributed by atoms with Crippen LogP contribution in [0.5, 0.6) is 0 Å². The van der Waals surface area contributed by atoms with Crippen LogP contribution in [-0.2, 0) is 11.0 Å². The van der Waals surface area contributed by atoms with E-state index in [0.29, 0.717) is 10.5 Å². The molecular weight excluding hydrogens is 193 g/mol. The summed E-state index contributed by atoms with van der Waals surface area (Å²) in [4.78, 5) is 11.5. The van der Waals surface area contributed by atoms with Crippen molar-refractivity contribution in [1.82, 2.24) is 4.72 Å². The van der Waals surface area contributed by atoms with Crippen LogP contribution in [0.4, 0.5) is 4.39 Å². The van der Waals surface area contributed by atoms with Crippen molar-refractivity contribution in [2.75, 3.05) is 0 Å². The number of fused-ring (bicyclic) bond motifs is 1. The predicted molar refractivity (Wildman–Crippen MR) is 45.0 cm³/mol. The zero-order valence-electron chi connectivity index (χ0n) is 6.76. The minimum atomic E-state index is -1.51. The number of benzene rings is 1. The SMILES string of the molecule is Cc1cc(F)cc2c1S(=O)NC2=O. The standard InChI is InChI=1S/C8H6FNO2S/c1-4-2-5(9)3-6-7(4)13(12)10-8(6)11/h2-3H,1H3,(H,10,11). The number of aryl methyl sites for hydroxylation is 1. The van der Waals surface area contributed by atoms with Crippen LogP contribution in [0, 0.1) is 12.7 Å². The van der Waals surface area contributed by atoms with E-state index in [1.165, 1.54) is 6.07 Å². The molecule has 2 rings (SSSR count). The fourth-order valence-corrected chi connectivity index (χ4v) is 2.42. The highest BCUT2D eigenvalue weighted by molar-refractivity contribution is 7.84. The van der Waals surface area contributed by atoms with Gasteiger partial charge in [-0.1, -0.05) is 0 Å². The molecule has 0 saturated heterocycles. The van der Waals surface area contributed by atoms with E-state index in [1.54, 1.807) is 6.92 Å². The van der Waals surface area contributed by atoms with Crippen molar-refractivity contribution < 1.29 is 13.4 Å². The van der Waals surface area contributed by atoms with Crippen LogP contribution in [0.2, 0.25) is 0 Å². The smallest absolute Gasteiger partial charge is 0.264 e. The first kappa shape index (κ1) is 8.37. The minimum absolute atomic E-state index is 0.177. The molecule has 0 bridgehead atoms. The first-order chi connectivity index (χ1) is 6.09. The van der Waals surface area contributed by atoms with Gasteiger partial charge in [0.05, 0.1) is 10.5 Å². The van der Waals surface area contributed by atoms with Crippen molar-refractivity contribution in [1.29, 1.82) is 0 Å². The Hall–Kier alpha value is -1.23. The molecule has 0 saturated carbocycles. The highest BCUT2D eigenvalue weighted by Gasteiger charge is 2.27. The topological polar surface area (TPSA) is 46.2 Å². The van der Waals surface area contributed by atoms with Gasteiger partial charge >= 0.3 is 0 Å². The van der Waals surface area contributed by atoms with Gasteiger partial charge in [0.25, 0.3) is 5.91 Å². The number of carbonyl (C=O) groups excluding carboxylic acids is 1. The summed E-state index contributed by atoms with van der Waals surface area (Å²) in [6.45, 7) is 1.63. The Labute approximate surface area is 76.5 Å². The molecule has 1 aliphatic rings. The van der Waals surface area contributed by atoms with E-state index in [4.69, 9.17) is 0 Å². The van der Waals surface area contributed by atoms with Crippen LogP contribution < -0.4 is 4.72 Å². The average Bonchev–Trinajstić information content (AvgIpc) is 2.27. The third-order valence-electron chi connectivity index (χ3n) is 1.85. The second kappa shape index (κ2) is 2.63. The van der Waals surface area contributed by atoms with Crippen molar-refractivity contribution in [3.05, 3.63) is 29.1 Å². The van der Waals surface area contributed by atoms with Gasteiger partial charge in [0.2, 0.25) is 0 Å². The third kappa shape index (κ3) is 1.16. The Kier molecular flexibility index (Phi) is 1.69. The fourth-order valence-electron chi connectivity index (χ4n) is 1.33. The first-order valence-electron chi connectivity index (χ1n) is 3.62. The minimum Gasteiger partial charge on any atom is -0.268 e. The largest absolute Gasteiger partial charge is 0.268 e. The van der Waals surface area contributed by atoms with Crippen molar-refractivity contribution >= 4 is 16.9 Å². The molecule has 0 radical (unpaired) electrons. The number of amides is 1. The summed E-state index contributed by atoms with van der Waals surface area (Å²) in [5.41, 5.74) is 0.711. The van der Waals surface area contributed by atoms with Crippen molar-refractivity contribution in [3.8, 4) is 0 Å². The second-order valence-electron chi connectivity index (χ2n) is 2.80. The van der Waals surface area contributed by atoms with Crippen LogP contribution in [0.3, 0.4) is 0 Å². The number of hydrogen-bond acceptors (Lipinski definition) is 2. The number of hydrogen-bond donors (Lipinski definition) is 1. The maximum atomic E-state index is 12.8. The van der Waals surface area contributed by atoms with Gasteiger partial charge in [-0.3, -0.25) is 9.52 Å². The lowest BCUT2D eigenvalue weighted by molar-refractivity contribution is 0.0985. The summed E-state index contributed by atoms with van der Waals surface area (Å²) in [6.07, 6.45) is 0. The predicted octanol–water partition coefficient (Wildman–Crippen LogP) is 0.900. The van der Waals surface area contributed by atoms with Gasteiger partial charge in [0.15, 0.2) is 11.0 Å². The van der Waals surface area contributed by atoms with Crippen LogP contribution in [-0.4, -0.2) is 10.1 Å². The van der Waals surface area contributed by atoms with Gasteiger partial charge in [-0.25, -0.2) is 8.60 Å². The molecule has 0 aromatic heterocycles. The van der Waals surface area contributed by atoms with E-state index in [2.05, 4.69) is 4.72 Å². The highest BCUT2D eigenvalue weighted by Crippen LogP contribution is 2.24. The molecule has 1 amide bonds. The molecule has 5 heteroatoms. The molecule has 1 unspecified atom stereocenters. The van der Waals surface area contributed by atoms with Crippen molar-refractivity contribution in [2.45, 2.75) is 11.8 Å². The number of carbonyl (C=O) groups is 1. The van der Waals surface area contributed by atoms with Crippen molar-refractivity contribution in [2.24, 2.45) is 0 Å². The summed E-state index contributed by atoms with van der Waals surface area (Å²) in [5, 5.41) is 0. The van der Waals surface area contributed by atoms with Crippen molar-refractivity contribution in [3.63, 3.8) is 0 Å². The maximum absolute atomic E-state index is 12.8. The van der Waals surface area contributed by atoms with E-state index in [9.17, 15) is 13.4 Å². The lowest BCUT2D eigenvalue weighted by Crippen LogP contribution is -2.15. The first-order valence-corrected chi connectivity index (χ1v) is 4.77. The van der Waals surface area contributed by atoms with Gasteiger partial charge in [0, 0.05) is 0 Å². The third-order valence-corrected chi connectivity index (χ3v) is 3.14. The lowest BCUT2D eigenvalue weighted by atomic mass is 10.1. The molecule has 0 spiro atoms. The van der Waals surface area contributed by atoms with E-state index < -0.39 is 22.7 Å². The Morgan fingerprint density at radius 1 is 1.46 bits per heavy atom.